The average molecular weight is 441 g/mol. The number of ether oxygens (including phenoxy) is 7. The Morgan fingerprint density at radius 2 is 1.39 bits per heavy atom. The van der Waals surface area contributed by atoms with Gasteiger partial charge in [-0.25, -0.2) is 14.8 Å². The standard InChI is InChI=1S/C20H31N3O8/c1-23(2)20(24)30-12-14(26-4)18(31-16-8-10-22-16)19(28-6)17(27-5)13(25-3)11-29-15-7-9-21-15/h7-10,13-14,17-19H,11-12H2,1-6H3. The van der Waals surface area contributed by atoms with Gasteiger partial charge in [-0.1, -0.05) is 0 Å². The molecule has 2 rings (SSSR count). The molecule has 2 heterocycles. The van der Waals surface area contributed by atoms with Gasteiger partial charge in [0.1, 0.15) is 37.6 Å². The average Bonchev–Trinajstić information content (AvgIpc) is 2.69. The van der Waals surface area contributed by atoms with Gasteiger partial charge in [-0.15, -0.1) is 0 Å². The van der Waals surface area contributed by atoms with Crippen LogP contribution in [0.15, 0.2) is 34.5 Å². The highest BCUT2D eigenvalue weighted by Gasteiger charge is 2.43. The second-order valence-corrected chi connectivity index (χ2v) is 6.88. The molecule has 0 saturated carbocycles. The van der Waals surface area contributed by atoms with Gasteiger partial charge < -0.3 is 38.1 Å². The number of rotatable bonds is 13. The lowest BCUT2D eigenvalue weighted by atomic mass is 9.98. The molecule has 0 N–H and O–H groups in total. The first-order chi connectivity index (χ1) is 14.9. The van der Waals surface area contributed by atoms with Crippen molar-refractivity contribution in [1.82, 2.24) is 4.90 Å². The fourth-order valence-electron chi connectivity index (χ4n) is 2.92. The van der Waals surface area contributed by atoms with Crippen LogP contribution in [0.5, 0.6) is 0 Å². The minimum atomic E-state index is -0.739. The van der Waals surface area contributed by atoms with Gasteiger partial charge in [-0.05, 0) is 0 Å². The van der Waals surface area contributed by atoms with Crippen LogP contribution in [0.3, 0.4) is 0 Å². The molecule has 0 aliphatic carbocycles. The minimum Gasteiger partial charge on any atom is -0.475 e. The van der Waals surface area contributed by atoms with E-state index in [9.17, 15) is 4.79 Å². The second-order valence-electron chi connectivity index (χ2n) is 6.88. The lowest BCUT2D eigenvalue weighted by molar-refractivity contribution is -0.172. The van der Waals surface area contributed by atoms with Crippen LogP contribution in [0.2, 0.25) is 0 Å². The van der Waals surface area contributed by atoms with Crippen molar-refractivity contribution in [3.63, 3.8) is 0 Å². The zero-order valence-corrected chi connectivity index (χ0v) is 18.7. The Hall–Kier alpha value is -2.47. The Morgan fingerprint density at radius 1 is 0.839 bits per heavy atom. The molecule has 174 valence electrons. The smallest absolute Gasteiger partial charge is 0.409 e. The molecule has 31 heavy (non-hydrogen) atoms. The quantitative estimate of drug-likeness (QED) is 0.416. The SMILES string of the molecule is COC(COC1=NC=C1)C(OC)C(OC)C(OC1=NC=C1)C(COC(=O)N(C)C)OC. The molecule has 11 nitrogen and oxygen atoms in total. The Labute approximate surface area is 182 Å². The molecule has 0 radical (unpaired) electrons. The zero-order chi connectivity index (χ0) is 22.8. The normalized spacial score (nSPS) is 19.0. The van der Waals surface area contributed by atoms with Gasteiger partial charge in [-0.2, -0.15) is 0 Å². The molecule has 2 aliphatic rings. The summed E-state index contributed by atoms with van der Waals surface area (Å²) in [4.78, 5) is 21.3. The second kappa shape index (κ2) is 12.4. The minimum absolute atomic E-state index is 0.0682. The Bertz CT molecular complexity index is 707. The highest BCUT2D eigenvalue weighted by atomic mass is 16.6. The highest BCUT2D eigenvalue weighted by Crippen LogP contribution is 2.23. The third-order valence-corrected chi connectivity index (χ3v) is 4.76. The largest absolute Gasteiger partial charge is 0.475 e. The monoisotopic (exact) mass is 441 g/mol. The van der Waals surface area contributed by atoms with Crippen molar-refractivity contribution >= 4 is 17.9 Å². The molecule has 11 heteroatoms. The van der Waals surface area contributed by atoms with Gasteiger partial charge >= 0.3 is 6.09 Å². The molecular formula is C20H31N3O8. The van der Waals surface area contributed by atoms with E-state index in [0.29, 0.717) is 11.8 Å². The maximum absolute atomic E-state index is 11.9. The zero-order valence-electron chi connectivity index (χ0n) is 18.7. The topological polar surface area (TPSA) is 110 Å². The van der Waals surface area contributed by atoms with Gasteiger partial charge in [-0.3, -0.25) is 0 Å². The van der Waals surface area contributed by atoms with Crippen molar-refractivity contribution in [3.05, 3.63) is 24.6 Å². The van der Waals surface area contributed by atoms with Crippen molar-refractivity contribution in [3.8, 4) is 0 Å². The molecular weight excluding hydrogens is 410 g/mol. The summed E-state index contributed by atoms with van der Waals surface area (Å²) in [7, 11) is 9.29. The summed E-state index contributed by atoms with van der Waals surface area (Å²) in [6.07, 6.45) is 2.96. The maximum atomic E-state index is 11.9. The molecule has 0 aromatic carbocycles. The maximum Gasteiger partial charge on any atom is 0.409 e. The van der Waals surface area contributed by atoms with E-state index in [1.54, 1.807) is 45.8 Å². The predicted octanol–water partition coefficient (Wildman–Crippen LogP) is 0.998. The molecule has 0 saturated heterocycles. The number of hydrogen-bond donors (Lipinski definition) is 0. The fourth-order valence-corrected chi connectivity index (χ4v) is 2.92. The van der Waals surface area contributed by atoms with Gasteiger partial charge in [0.05, 0.1) is 0 Å². The first-order valence-electron chi connectivity index (χ1n) is 9.68. The first kappa shape index (κ1) is 24.8. The number of methoxy groups -OCH3 is 4. The van der Waals surface area contributed by atoms with Crippen LogP contribution >= 0.6 is 0 Å². The van der Waals surface area contributed by atoms with Crippen LogP contribution in [-0.2, 0) is 33.2 Å². The number of nitrogens with zero attached hydrogens (tertiary/aromatic N) is 3. The van der Waals surface area contributed by atoms with E-state index in [1.807, 2.05) is 0 Å². The molecule has 0 fully saturated rings. The predicted molar refractivity (Wildman–Crippen MR) is 112 cm³/mol. The summed E-state index contributed by atoms with van der Waals surface area (Å²) in [5, 5.41) is 0. The third-order valence-electron chi connectivity index (χ3n) is 4.76. The van der Waals surface area contributed by atoms with E-state index in [-0.39, 0.29) is 13.2 Å². The summed E-state index contributed by atoms with van der Waals surface area (Å²) in [5.74, 6) is 0.917. The molecule has 0 aromatic heterocycles. The van der Waals surface area contributed by atoms with Crippen LogP contribution in [0.4, 0.5) is 4.79 Å². The van der Waals surface area contributed by atoms with Crippen molar-refractivity contribution in [2.24, 2.45) is 9.98 Å². The van der Waals surface area contributed by atoms with E-state index < -0.39 is 36.6 Å². The van der Waals surface area contributed by atoms with Crippen molar-refractivity contribution in [1.29, 1.82) is 0 Å². The first-order valence-corrected chi connectivity index (χ1v) is 9.68. The van der Waals surface area contributed by atoms with Crippen molar-refractivity contribution < 1.29 is 38.0 Å². The molecule has 0 spiro atoms. The number of carbonyl (C=O) groups excluding carboxylic acids is 1. The Morgan fingerprint density at radius 3 is 1.81 bits per heavy atom. The van der Waals surface area contributed by atoms with Crippen molar-refractivity contribution in [2.45, 2.75) is 30.5 Å². The van der Waals surface area contributed by atoms with Crippen LogP contribution in [0.1, 0.15) is 0 Å². The molecule has 5 atom stereocenters. The van der Waals surface area contributed by atoms with Gasteiger partial charge in [0, 0.05) is 67.1 Å². The third kappa shape index (κ3) is 6.76. The van der Waals surface area contributed by atoms with Crippen LogP contribution in [0.25, 0.3) is 0 Å². The molecule has 0 aromatic rings. The van der Waals surface area contributed by atoms with E-state index >= 15 is 0 Å². The van der Waals surface area contributed by atoms with Crippen molar-refractivity contribution in [2.75, 3.05) is 55.7 Å². The van der Waals surface area contributed by atoms with Gasteiger partial charge in [0.2, 0.25) is 11.8 Å². The fraction of sp³-hybridized carbons (Fsp3) is 0.650. The van der Waals surface area contributed by atoms with E-state index in [2.05, 4.69) is 9.98 Å². The summed E-state index contributed by atoms with van der Waals surface area (Å²) in [5.41, 5.74) is 0. The summed E-state index contributed by atoms with van der Waals surface area (Å²) in [6.45, 7) is 0.111. The summed E-state index contributed by atoms with van der Waals surface area (Å²) < 4.78 is 39.6. The lowest BCUT2D eigenvalue weighted by Crippen LogP contribution is -2.55. The number of amides is 1. The number of aliphatic imine (C=N–C) groups is 2. The number of hydrogen-bond acceptors (Lipinski definition) is 10. The molecule has 2 aliphatic heterocycles. The van der Waals surface area contributed by atoms with Crippen LogP contribution in [0, 0.1) is 0 Å². The molecule has 0 bridgehead atoms. The Kier molecular flexibility index (Phi) is 9.92. The highest BCUT2D eigenvalue weighted by molar-refractivity contribution is 5.93. The number of carbonyl (C=O) groups is 1. The van der Waals surface area contributed by atoms with Crippen LogP contribution in [-0.4, -0.2) is 109 Å². The van der Waals surface area contributed by atoms with Gasteiger partial charge in [0.15, 0.2) is 6.10 Å². The van der Waals surface area contributed by atoms with E-state index in [1.165, 1.54) is 26.2 Å². The molecule has 1 amide bonds. The van der Waals surface area contributed by atoms with Gasteiger partial charge in [0.25, 0.3) is 0 Å². The summed E-state index contributed by atoms with van der Waals surface area (Å²) in [6, 6.07) is 0. The molecule has 5 unspecified atom stereocenters. The Balaban J connectivity index is 2.18. The van der Waals surface area contributed by atoms with E-state index in [0.717, 1.165) is 0 Å². The lowest BCUT2D eigenvalue weighted by Gasteiger charge is -2.38. The van der Waals surface area contributed by atoms with E-state index in [4.69, 9.17) is 33.2 Å². The van der Waals surface area contributed by atoms with Crippen LogP contribution < -0.4 is 0 Å². The summed E-state index contributed by atoms with van der Waals surface area (Å²) >= 11 is 0.